The molecule has 1 aliphatic rings. The van der Waals surface area contributed by atoms with E-state index in [4.69, 9.17) is 10.6 Å². The van der Waals surface area contributed by atoms with E-state index in [1.165, 1.54) is 0 Å². The highest BCUT2D eigenvalue weighted by Crippen LogP contribution is 2.16. The van der Waals surface area contributed by atoms with Crippen LogP contribution in [0.1, 0.15) is 48.9 Å². The molecule has 1 amide bonds. The van der Waals surface area contributed by atoms with E-state index in [0.717, 1.165) is 19.4 Å². The Labute approximate surface area is 124 Å². The summed E-state index contributed by atoms with van der Waals surface area (Å²) in [6.45, 7) is 6.06. The Morgan fingerprint density at radius 2 is 2.38 bits per heavy atom. The lowest BCUT2D eigenvalue weighted by Gasteiger charge is -2.22. The van der Waals surface area contributed by atoms with E-state index in [1.807, 2.05) is 13.8 Å². The number of ether oxygens (including phenoxy) is 1. The summed E-state index contributed by atoms with van der Waals surface area (Å²) in [6.07, 6.45) is 3.66. The number of nitrogens with zero attached hydrogens (tertiary/aromatic N) is 2. The fraction of sp³-hybridized carbons (Fsp3) is 0.643. The van der Waals surface area contributed by atoms with Gasteiger partial charge in [-0.15, -0.1) is 0 Å². The zero-order valence-electron chi connectivity index (χ0n) is 12.6. The smallest absolute Gasteiger partial charge is 0.272 e. The van der Waals surface area contributed by atoms with Crippen molar-refractivity contribution in [3.8, 4) is 0 Å². The molecule has 0 bridgehead atoms. The summed E-state index contributed by atoms with van der Waals surface area (Å²) in [5, 5.41) is 2.90. The first kappa shape index (κ1) is 15.7. The van der Waals surface area contributed by atoms with Crippen molar-refractivity contribution in [2.45, 2.75) is 32.6 Å². The summed E-state index contributed by atoms with van der Waals surface area (Å²) in [7, 11) is 0. The predicted molar refractivity (Wildman–Crippen MR) is 79.8 cm³/mol. The average molecular weight is 293 g/mol. The van der Waals surface area contributed by atoms with Crippen molar-refractivity contribution in [3.05, 3.63) is 17.7 Å². The van der Waals surface area contributed by atoms with E-state index in [1.54, 1.807) is 6.20 Å². The number of nitrogens with one attached hydrogen (secondary N) is 2. The number of nitrogens with two attached hydrogens (primary N) is 1. The second kappa shape index (κ2) is 7.33. The summed E-state index contributed by atoms with van der Waals surface area (Å²) < 4.78 is 5.41. The molecule has 2 heterocycles. The number of rotatable bonds is 5. The molecule has 4 N–H and O–H groups in total. The Kier molecular flexibility index (Phi) is 5.46. The van der Waals surface area contributed by atoms with Crippen molar-refractivity contribution in [2.24, 2.45) is 11.8 Å². The van der Waals surface area contributed by atoms with Crippen LogP contribution in [-0.4, -0.2) is 35.6 Å². The molecule has 0 saturated carbocycles. The number of hydrazine groups is 1. The van der Waals surface area contributed by atoms with Crippen LogP contribution in [0.3, 0.4) is 0 Å². The van der Waals surface area contributed by atoms with E-state index < -0.39 is 0 Å². The zero-order chi connectivity index (χ0) is 15.2. The normalized spacial score (nSPS) is 18.6. The lowest BCUT2D eigenvalue weighted by molar-refractivity contribution is 0.0536. The van der Waals surface area contributed by atoms with Gasteiger partial charge < -0.3 is 15.5 Å². The van der Waals surface area contributed by atoms with Crippen LogP contribution >= 0.6 is 0 Å². The minimum atomic E-state index is -0.238. The molecule has 116 valence electrons. The van der Waals surface area contributed by atoms with Crippen LogP contribution in [0.2, 0.25) is 0 Å². The largest absolute Gasteiger partial charge is 0.381 e. The molecule has 7 nitrogen and oxygen atoms in total. The third kappa shape index (κ3) is 4.12. The van der Waals surface area contributed by atoms with Gasteiger partial charge in [0.15, 0.2) is 5.69 Å². The molecule has 7 heteroatoms. The Hall–Kier alpha value is -1.73. The summed E-state index contributed by atoms with van der Waals surface area (Å²) in [6, 6.07) is 0. The molecule has 1 atom stereocenters. The average Bonchev–Trinajstić information content (AvgIpc) is 2.52. The number of amides is 1. The second-order valence-corrected chi connectivity index (χ2v) is 5.58. The summed E-state index contributed by atoms with van der Waals surface area (Å²) >= 11 is 0. The summed E-state index contributed by atoms with van der Waals surface area (Å²) in [4.78, 5) is 20.8. The van der Waals surface area contributed by atoms with Crippen molar-refractivity contribution in [2.75, 3.05) is 25.2 Å². The van der Waals surface area contributed by atoms with Gasteiger partial charge in [-0.1, -0.05) is 13.8 Å². The molecule has 0 spiro atoms. The molecule has 0 aromatic carbocycles. The third-order valence-corrected chi connectivity index (χ3v) is 3.50. The van der Waals surface area contributed by atoms with Crippen molar-refractivity contribution in [3.63, 3.8) is 0 Å². The quantitative estimate of drug-likeness (QED) is 0.554. The van der Waals surface area contributed by atoms with Crippen molar-refractivity contribution < 1.29 is 9.53 Å². The van der Waals surface area contributed by atoms with Gasteiger partial charge in [0, 0.05) is 19.1 Å². The van der Waals surface area contributed by atoms with Crippen molar-refractivity contribution >= 4 is 11.6 Å². The first-order valence-corrected chi connectivity index (χ1v) is 7.31. The summed E-state index contributed by atoms with van der Waals surface area (Å²) in [5.41, 5.74) is 3.18. The lowest BCUT2D eigenvalue weighted by atomic mass is 10.0. The van der Waals surface area contributed by atoms with Crippen LogP contribution in [0.15, 0.2) is 6.20 Å². The maximum absolute atomic E-state index is 12.3. The van der Waals surface area contributed by atoms with Gasteiger partial charge in [0.05, 0.1) is 18.5 Å². The molecule has 0 aliphatic carbocycles. The van der Waals surface area contributed by atoms with Gasteiger partial charge in [0.25, 0.3) is 5.91 Å². The topological polar surface area (TPSA) is 102 Å². The highest BCUT2D eigenvalue weighted by molar-refractivity contribution is 5.97. The van der Waals surface area contributed by atoms with Gasteiger partial charge >= 0.3 is 0 Å². The van der Waals surface area contributed by atoms with Crippen LogP contribution in [0.5, 0.6) is 0 Å². The SMILES string of the molecule is CC(C)c1ncc(NN)c(C(=O)NCC2CCCOC2)n1. The lowest BCUT2D eigenvalue weighted by Crippen LogP contribution is -2.34. The molecule has 0 radical (unpaired) electrons. The summed E-state index contributed by atoms with van der Waals surface area (Å²) in [5.74, 6) is 6.32. The molecule has 1 aromatic rings. The molecule has 1 aromatic heterocycles. The second-order valence-electron chi connectivity index (χ2n) is 5.58. The van der Waals surface area contributed by atoms with E-state index in [-0.39, 0.29) is 17.5 Å². The first-order valence-electron chi connectivity index (χ1n) is 7.31. The van der Waals surface area contributed by atoms with Crippen LogP contribution in [0.25, 0.3) is 0 Å². The Morgan fingerprint density at radius 3 is 3.00 bits per heavy atom. The molecular formula is C14H23N5O2. The minimum absolute atomic E-state index is 0.148. The van der Waals surface area contributed by atoms with E-state index in [0.29, 0.717) is 30.6 Å². The van der Waals surface area contributed by atoms with Crippen molar-refractivity contribution in [1.82, 2.24) is 15.3 Å². The predicted octanol–water partition coefficient (Wildman–Crippen LogP) is 1.04. The number of aromatic nitrogens is 2. The molecule has 21 heavy (non-hydrogen) atoms. The van der Waals surface area contributed by atoms with E-state index >= 15 is 0 Å². The Bertz CT molecular complexity index is 486. The number of carbonyl (C=O) groups excluding carboxylic acids is 1. The molecule has 1 unspecified atom stereocenters. The monoisotopic (exact) mass is 293 g/mol. The van der Waals surface area contributed by atoms with Crippen LogP contribution in [0, 0.1) is 5.92 Å². The Morgan fingerprint density at radius 1 is 1.57 bits per heavy atom. The van der Waals surface area contributed by atoms with Gasteiger partial charge in [-0.2, -0.15) is 0 Å². The van der Waals surface area contributed by atoms with Gasteiger partial charge in [0.1, 0.15) is 5.82 Å². The number of carbonyl (C=O) groups is 1. The number of hydrogen-bond donors (Lipinski definition) is 3. The molecule has 1 saturated heterocycles. The first-order chi connectivity index (χ1) is 10.1. The van der Waals surface area contributed by atoms with Crippen LogP contribution in [-0.2, 0) is 4.74 Å². The zero-order valence-corrected chi connectivity index (χ0v) is 12.6. The van der Waals surface area contributed by atoms with Gasteiger partial charge in [-0.05, 0) is 18.8 Å². The molecular weight excluding hydrogens is 270 g/mol. The van der Waals surface area contributed by atoms with E-state index in [9.17, 15) is 4.79 Å². The van der Waals surface area contributed by atoms with Crippen LogP contribution < -0.4 is 16.6 Å². The standard InChI is InChI=1S/C14H23N5O2/c1-9(2)13-16-7-11(19-15)12(18-13)14(20)17-6-10-4-3-5-21-8-10/h7,9-10,19H,3-6,8,15H2,1-2H3,(H,17,20). The highest BCUT2D eigenvalue weighted by atomic mass is 16.5. The maximum Gasteiger partial charge on any atom is 0.272 e. The third-order valence-electron chi connectivity index (χ3n) is 3.50. The number of anilines is 1. The molecule has 1 aliphatic heterocycles. The fourth-order valence-electron chi connectivity index (χ4n) is 2.24. The fourth-order valence-corrected chi connectivity index (χ4v) is 2.24. The van der Waals surface area contributed by atoms with Crippen LogP contribution in [0.4, 0.5) is 5.69 Å². The van der Waals surface area contributed by atoms with Crippen molar-refractivity contribution in [1.29, 1.82) is 0 Å². The van der Waals surface area contributed by atoms with Gasteiger partial charge in [0.2, 0.25) is 0 Å². The highest BCUT2D eigenvalue weighted by Gasteiger charge is 2.19. The minimum Gasteiger partial charge on any atom is -0.381 e. The number of hydrogen-bond acceptors (Lipinski definition) is 6. The van der Waals surface area contributed by atoms with E-state index in [2.05, 4.69) is 20.7 Å². The number of nitrogen functional groups attached to an aromatic ring is 1. The molecule has 2 rings (SSSR count). The Balaban J connectivity index is 2.04. The van der Waals surface area contributed by atoms with Gasteiger partial charge in [-0.3, -0.25) is 10.6 Å². The van der Waals surface area contributed by atoms with Gasteiger partial charge in [-0.25, -0.2) is 9.97 Å². The maximum atomic E-state index is 12.3. The molecule has 1 fully saturated rings.